The molecule has 0 saturated carbocycles. The lowest BCUT2D eigenvalue weighted by Crippen LogP contribution is -2.52. The van der Waals surface area contributed by atoms with Gasteiger partial charge in [-0.25, -0.2) is 4.79 Å². The predicted molar refractivity (Wildman–Crippen MR) is 130 cm³/mol. The summed E-state index contributed by atoms with van der Waals surface area (Å²) in [6, 6.07) is 11.7. The highest BCUT2D eigenvalue weighted by atomic mass is 32.2. The number of carbonyl (C=O) groups excluding carboxylic acids is 3. The summed E-state index contributed by atoms with van der Waals surface area (Å²) in [5.74, 6) is 1.29. The van der Waals surface area contributed by atoms with E-state index in [1.165, 1.54) is 11.8 Å². The van der Waals surface area contributed by atoms with Crippen molar-refractivity contribution in [2.75, 3.05) is 5.75 Å². The van der Waals surface area contributed by atoms with Crippen LogP contribution in [0.15, 0.2) is 53.1 Å². The van der Waals surface area contributed by atoms with Crippen LogP contribution in [0.4, 0.5) is 4.79 Å². The number of alkyl carbamates (subject to hydrolysis) is 1. The van der Waals surface area contributed by atoms with Crippen molar-refractivity contribution in [3.63, 3.8) is 0 Å². The molecule has 180 valence electrons. The average molecular weight is 475 g/mol. The molecule has 0 saturated heterocycles. The van der Waals surface area contributed by atoms with Gasteiger partial charge in [0.15, 0.2) is 5.78 Å². The smallest absolute Gasteiger partial charge is 0.408 e. The first-order valence-corrected chi connectivity index (χ1v) is 12.6. The number of carbonyl (C=O) groups is 3. The van der Waals surface area contributed by atoms with E-state index in [0.717, 1.165) is 24.2 Å². The summed E-state index contributed by atoms with van der Waals surface area (Å²) in [4.78, 5) is 38.0. The van der Waals surface area contributed by atoms with Crippen molar-refractivity contribution < 1.29 is 23.5 Å². The van der Waals surface area contributed by atoms with E-state index < -0.39 is 18.2 Å². The van der Waals surface area contributed by atoms with Gasteiger partial charge in [-0.15, -0.1) is 11.8 Å². The second-order valence-electron chi connectivity index (χ2n) is 7.79. The van der Waals surface area contributed by atoms with Gasteiger partial charge in [-0.2, -0.15) is 0 Å². The van der Waals surface area contributed by atoms with Gasteiger partial charge in [0.25, 0.3) is 0 Å². The minimum absolute atomic E-state index is 0.0322. The molecule has 0 spiro atoms. The highest BCUT2D eigenvalue weighted by molar-refractivity contribution is 7.99. The Balaban J connectivity index is 1.88. The summed E-state index contributed by atoms with van der Waals surface area (Å²) < 4.78 is 10.5. The molecule has 1 heterocycles. The van der Waals surface area contributed by atoms with Crippen LogP contribution in [0, 0.1) is 0 Å². The Hall–Kier alpha value is -2.74. The zero-order valence-corrected chi connectivity index (χ0v) is 20.2. The molecule has 0 unspecified atom stereocenters. The van der Waals surface area contributed by atoms with Crippen molar-refractivity contribution in [3.8, 4) is 0 Å². The lowest BCUT2D eigenvalue weighted by atomic mass is 10.0. The summed E-state index contributed by atoms with van der Waals surface area (Å²) in [5.41, 5.74) is 0.862. The minimum atomic E-state index is -0.758. The van der Waals surface area contributed by atoms with Crippen molar-refractivity contribution in [1.82, 2.24) is 10.6 Å². The molecule has 0 bridgehead atoms. The number of benzene rings is 1. The molecule has 2 N–H and O–H groups in total. The van der Waals surface area contributed by atoms with Crippen LogP contribution in [-0.4, -0.2) is 35.6 Å². The van der Waals surface area contributed by atoms with Crippen LogP contribution in [0.5, 0.6) is 0 Å². The highest BCUT2D eigenvalue weighted by Gasteiger charge is 2.26. The summed E-state index contributed by atoms with van der Waals surface area (Å²) >= 11 is 1.46. The number of nitrogens with one attached hydrogen (secondary N) is 2. The maximum absolute atomic E-state index is 12.9. The number of hydrogen-bond donors (Lipinski definition) is 2. The van der Waals surface area contributed by atoms with Crippen molar-refractivity contribution in [3.05, 3.63) is 60.1 Å². The largest absolute Gasteiger partial charge is 0.468 e. The first kappa shape index (κ1) is 26.5. The van der Waals surface area contributed by atoms with E-state index in [9.17, 15) is 14.4 Å². The minimum Gasteiger partial charge on any atom is -0.468 e. The molecule has 2 amide bonds. The molecular formula is C25H34N2O5S. The van der Waals surface area contributed by atoms with Crippen LogP contribution < -0.4 is 10.6 Å². The van der Waals surface area contributed by atoms with Gasteiger partial charge < -0.3 is 19.8 Å². The lowest BCUT2D eigenvalue weighted by molar-refractivity contribution is -0.128. The Labute approximate surface area is 200 Å². The molecule has 0 radical (unpaired) electrons. The average Bonchev–Trinajstić information content (AvgIpc) is 3.34. The standard InChI is InChI=1S/C25H34N2O5S/c1-3-5-14-21(23(28)18-33-17-20-13-9-15-31-20)26-24(29)22(10-4-2)27-25(30)32-16-19-11-7-6-8-12-19/h6-9,11-13,15,21-22H,3-5,10,14,16-18H2,1-2H3,(H,26,29)(H,27,30)/t21-,22-/m0/s1. The topological polar surface area (TPSA) is 97.6 Å². The molecule has 1 aromatic heterocycles. The Morgan fingerprint density at radius 1 is 0.970 bits per heavy atom. The monoisotopic (exact) mass is 474 g/mol. The second-order valence-corrected chi connectivity index (χ2v) is 8.77. The van der Waals surface area contributed by atoms with E-state index in [0.29, 0.717) is 25.0 Å². The van der Waals surface area contributed by atoms with Gasteiger partial charge in [0.1, 0.15) is 18.4 Å². The zero-order valence-electron chi connectivity index (χ0n) is 19.4. The fourth-order valence-corrected chi connectivity index (χ4v) is 4.08. The molecule has 0 fully saturated rings. The molecular weight excluding hydrogens is 440 g/mol. The van der Waals surface area contributed by atoms with Crippen molar-refractivity contribution >= 4 is 29.5 Å². The first-order chi connectivity index (χ1) is 16.0. The van der Waals surface area contributed by atoms with Crippen LogP contribution in [0.25, 0.3) is 0 Å². The Kier molecular flexibility index (Phi) is 12.2. The Morgan fingerprint density at radius 3 is 2.42 bits per heavy atom. The van der Waals surface area contributed by atoms with Crippen LogP contribution in [-0.2, 0) is 26.7 Å². The van der Waals surface area contributed by atoms with Gasteiger partial charge in [-0.1, -0.05) is 63.4 Å². The molecule has 0 aliphatic heterocycles. The summed E-state index contributed by atoms with van der Waals surface area (Å²) in [6.45, 7) is 4.10. The van der Waals surface area contributed by atoms with E-state index in [2.05, 4.69) is 10.6 Å². The molecule has 0 aliphatic carbocycles. The maximum Gasteiger partial charge on any atom is 0.408 e. The van der Waals surface area contributed by atoms with Crippen LogP contribution in [0.1, 0.15) is 57.3 Å². The third-order valence-electron chi connectivity index (χ3n) is 5.02. The van der Waals surface area contributed by atoms with Crippen molar-refractivity contribution in [2.24, 2.45) is 0 Å². The van der Waals surface area contributed by atoms with Crippen molar-refractivity contribution in [1.29, 1.82) is 0 Å². The normalized spacial score (nSPS) is 12.5. The van der Waals surface area contributed by atoms with E-state index in [1.54, 1.807) is 6.26 Å². The molecule has 2 aromatic rings. The number of Topliss-reactive ketones (excluding diaryl/α,β-unsaturated/α-hetero) is 1. The maximum atomic E-state index is 12.9. The fourth-order valence-electron chi connectivity index (χ4n) is 3.21. The third kappa shape index (κ3) is 10.2. The van der Waals surface area contributed by atoms with E-state index in [-0.39, 0.29) is 24.1 Å². The molecule has 33 heavy (non-hydrogen) atoms. The Bertz CT molecular complexity index is 842. The lowest BCUT2D eigenvalue weighted by Gasteiger charge is -2.22. The van der Waals surface area contributed by atoms with Gasteiger partial charge in [0.05, 0.1) is 23.8 Å². The Morgan fingerprint density at radius 2 is 1.76 bits per heavy atom. The molecule has 0 aliphatic rings. The SMILES string of the molecule is CCCC[C@H](NC(=O)[C@H](CCC)NC(=O)OCc1ccccc1)C(=O)CSCc1ccco1. The van der Waals surface area contributed by atoms with Gasteiger partial charge in [0.2, 0.25) is 5.91 Å². The summed E-state index contributed by atoms with van der Waals surface area (Å²) in [6.07, 6.45) is 4.41. The van der Waals surface area contributed by atoms with Gasteiger partial charge in [-0.3, -0.25) is 9.59 Å². The van der Waals surface area contributed by atoms with E-state index >= 15 is 0 Å². The van der Waals surface area contributed by atoms with Crippen LogP contribution in [0.3, 0.4) is 0 Å². The highest BCUT2D eigenvalue weighted by Crippen LogP contribution is 2.14. The fraction of sp³-hybridized carbons (Fsp3) is 0.480. The number of furan rings is 1. The number of amides is 2. The molecule has 8 heteroatoms. The van der Waals surface area contributed by atoms with E-state index in [1.807, 2.05) is 56.3 Å². The second kappa shape index (κ2) is 15.2. The predicted octanol–water partition coefficient (Wildman–Crippen LogP) is 4.85. The van der Waals surface area contributed by atoms with Crippen LogP contribution in [0.2, 0.25) is 0 Å². The number of hydrogen-bond acceptors (Lipinski definition) is 6. The summed E-state index contributed by atoms with van der Waals surface area (Å²) in [7, 11) is 0. The molecule has 2 rings (SSSR count). The van der Waals surface area contributed by atoms with Gasteiger partial charge in [0, 0.05) is 0 Å². The van der Waals surface area contributed by atoms with E-state index in [4.69, 9.17) is 9.15 Å². The number of unbranched alkanes of at least 4 members (excludes halogenated alkanes) is 1. The number of ether oxygens (including phenoxy) is 1. The van der Waals surface area contributed by atoms with Crippen LogP contribution >= 0.6 is 11.8 Å². The third-order valence-corrected chi connectivity index (χ3v) is 6.00. The summed E-state index contributed by atoms with van der Waals surface area (Å²) in [5, 5.41) is 5.51. The first-order valence-electron chi connectivity index (χ1n) is 11.4. The van der Waals surface area contributed by atoms with Gasteiger partial charge in [-0.05, 0) is 30.5 Å². The number of rotatable bonds is 15. The zero-order chi connectivity index (χ0) is 23.9. The molecule has 2 atom stereocenters. The van der Waals surface area contributed by atoms with Crippen molar-refractivity contribution in [2.45, 2.75) is 70.4 Å². The number of ketones is 1. The van der Waals surface area contributed by atoms with Gasteiger partial charge >= 0.3 is 6.09 Å². The molecule has 7 nitrogen and oxygen atoms in total. The molecule has 1 aromatic carbocycles. The number of thioether (sulfide) groups is 1. The quantitative estimate of drug-likeness (QED) is 0.383.